The molecule has 0 aliphatic carbocycles. The van der Waals surface area contributed by atoms with Crippen LogP contribution in [0.3, 0.4) is 0 Å². The van der Waals surface area contributed by atoms with E-state index in [1.807, 2.05) is 0 Å². The number of tetrazole rings is 1. The van der Waals surface area contributed by atoms with Crippen LogP contribution in [0.2, 0.25) is 0 Å². The van der Waals surface area contributed by atoms with Gasteiger partial charge in [0.25, 0.3) is 5.91 Å². The number of nitrogens with zero attached hydrogens (tertiary/aromatic N) is 4. The van der Waals surface area contributed by atoms with Crippen LogP contribution >= 0.6 is 0 Å². The lowest BCUT2D eigenvalue weighted by Crippen LogP contribution is -2.18. The molecular formula is C19H18FN5O3. The second-order valence-electron chi connectivity index (χ2n) is 6.35. The number of amides is 1. The van der Waals surface area contributed by atoms with Gasteiger partial charge in [-0.3, -0.25) is 4.79 Å². The van der Waals surface area contributed by atoms with Gasteiger partial charge in [0.1, 0.15) is 24.5 Å². The first-order valence-electron chi connectivity index (χ1n) is 8.88. The van der Waals surface area contributed by atoms with Gasteiger partial charge in [-0.15, -0.1) is 5.10 Å². The number of ether oxygens (including phenoxy) is 2. The summed E-state index contributed by atoms with van der Waals surface area (Å²) in [4.78, 5) is 12.7. The molecule has 2 aromatic carbocycles. The van der Waals surface area contributed by atoms with Gasteiger partial charge < -0.3 is 14.8 Å². The van der Waals surface area contributed by atoms with E-state index in [1.54, 1.807) is 24.3 Å². The summed E-state index contributed by atoms with van der Waals surface area (Å²) in [6, 6.07) is 10.8. The lowest BCUT2D eigenvalue weighted by molar-refractivity contribution is 0.0681. The van der Waals surface area contributed by atoms with E-state index in [-0.39, 0.29) is 11.8 Å². The molecule has 0 saturated carbocycles. The van der Waals surface area contributed by atoms with Crippen LogP contribution in [0.25, 0.3) is 5.69 Å². The van der Waals surface area contributed by atoms with Gasteiger partial charge in [-0.2, -0.15) is 0 Å². The van der Waals surface area contributed by atoms with Crippen molar-refractivity contribution in [3.63, 3.8) is 0 Å². The summed E-state index contributed by atoms with van der Waals surface area (Å²) in [7, 11) is 0. The summed E-state index contributed by atoms with van der Waals surface area (Å²) in [5.41, 5.74) is 1.27. The van der Waals surface area contributed by atoms with Crippen molar-refractivity contribution in [3.05, 3.63) is 60.2 Å². The van der Waals surface area contributed by atoms with E-state index in [4.69, 9.17) is 9.47 Å². The topological polar surface area (TPSA) is 91.2 Å². The largest absolute Gasteiger partial charge is 0.489 e. The molecule has 1 fully saturated rings. The molecule has 3 aromatic rings. The molecule has 2 heterocycles. The molecule has 1 aliphatic rings. The maximum atomic E-state index is 13.7. The number of aromatic nitrogens is 4. The fourth-order valence-corrected chi connectivity index (χ4v) is 2.95. The van der Waals surface area contributed by atoms with Crippen LogP contribution < -0.4 is 10.1 Å². The standard InChI is InChI=1S/C19H18FN5O3/c20-14-6-7-18(28-11-16-5-2-8-27-16)17(10-14)22-19(26)13-3-1-4-15(9-13)25-12-21-23-24-25/h1,3-4,6-7,9-10,12,16H,2,5,8,11H2,(H,22,26). The number of hydrogen-bond donors (Lipinski definition) is 1. The molecule has 1 aliphatic heterocycles. The third kappa shape index (κ3) is 4.15. The number of carbonyl (C=O) groups excluding carboxylic acids is 1. The minimum atomic E-state index is -0.470. The monoisotopic (exact) mass is 383 g/mol. The van der Waals surface area contributed by atoms with E-state index in [0.717, 1.165) is 19.4 Å². The van der Waals surface area contributed by atoms with Crippen LogP contribution in [0.4, 0.5) is 10.1 Å². The third-order valence-corrected chi connectivity index (χ3v) is 4.36. The number of halogens is 1. The van der Waals surface area contributed by atoms with E-state index < -0.39 is 11.7 Å². The summed E-state index contributed by atoms with van der Waals surface area (Å²) in [6.07, 6.45) is 3.37. The van der Waals surface area contributed by atoms with Crippen molar-refractivity contribution < 1.29 is 18.7 Å². The zero-order valence-corrected chi connectivity index (χ0v) is 14.9. The highest BCUT2D eigenvalue weighted by atomic mass is 19.1. The van der Waals surface area contributed by atoms with Crippen molar-refractivity contribution in [2.45, 2.75) is 18.9 Å². The molecule has 1 N–H and O–H groups in total. The Kier molecular flexibility index (Phi) is 5.24. The second-order valence-corrected chi connectivity index (χ2v) is 6.35. The van der Waals surface area contributed by atoms with Crippen LogP contribution in [-0.2, 0) is 4.74 Å². The van der Waals surface area contributed by atoms with Crippen molar-refractivity contribution in [2.75, 3.05) is 18.5 Å². The van der Waals surface area contributed by atoms with Crippen LogP contribution in [0, 0.1) is 5.82 Å². The van der Waals surface area contributed by atoms with Crippen molar-refractivity contribution in [1.29, 1.82) is 0 Å². The second kappa shape index (κ2) is 8.13. The maximum absolute atomic E-state index is 13.7. The first-order chi connectivity index (χ1) is 13.7. The molecule has 1 aromatic heterocycles. The van der Waals surface area contributed by atoms with Gasteiger partial charge >= 0.3 is 0 Å². The maximum Gasteiger partial charge on any atom is 0.255 e. The SMILES string of the molecule is O=C(Nc1cc(F)ccc1OCC1CCCO1)c1cccc(-n2cnnn2)c1. The van der Waals surface area contributed by atoms with Crippen LogP contribution in [-0.4, -0.2) is 45.4 Å². The van der Waals surface area contributed by atoms with Gasteiger partial charge in [0.15, 0.2) is 0 Å². The van der Waals surface area contributed by atoms with E-state index in [0.29, 0.717) is 23.6 Å². The smallest absolute Gasteiger partial charge is 0.255 e. The Bertz CT molecular complexity index is 958. The lowest BCUT2D eigenvalue weighted by atomic mass is 10.1. The Balaban J connectivity index is 1.51. The van der Waals surface area contributed by atoms with E-state index in [2.05, 4.69) is 20.8 Å². The molecule has 9 heteroatoms. The van der Waals surface area contributed by atoms with Gasteiger partial charge in [0.05, 0.1) is 17.5 Å². The summed E-state index contributed by atoms with van der Waals surface area (Å²) >= 11 is 0. The van der Waals surface area contributed by atoms with Crippen LogP contribution in [0.5, 0.6) is 5.75 Å². The highest BCUT2D eigenvalue weighted by Gasteiger charge is 2.18. The molecule has 4 rings (SSSR count). The highest BCUT2D eigenvalue weighted by molar-refractivity contribution is 6.05. The van der Waals surface area contributed by atoms with Crippen molar-refractivity contribution in [3.8, 4) is 11.4 Å². The van der Waals surface area contributed by atoms with Crippen molar-refractivity contribution >= 4 is 11.6 Å². The summed E-state index contributed by atoms with van der Waals surface area (Å²) < 4.78 is 26.5. The molecular weight excluding hydrogens is 365 g/mol. The first kappa shape index (κ1) is 18.1. The molecule has 8 nitrogen and oxygen atoms in total. The number of carbonyl (C=O) groups is 1. The number of nitrogens with one attached hydrogen (secondary N) is 1. The minimum absolute atomic E-state index is 0.0153. The van der Waals surface area contributed by atoms with Gasteiger partial charge in [0, 0.05) is 18.2 Å². The molecule has 144 valence electrons. The Morgan fingerprint density at radius 2 is 2.25 bits per heavy atom. The molecule has 1 unspecified atom stereocenters. The average Bonchev–Trinajstić information content (AvgIpc) is 3.42. The van der Waals surface area contributed by atoms with Gasteiger partial charge in [-0.25, -0.2) is 9.07 Å². The zero-order chi connectivity index (χ0) is 19.3. The normalized spacial score (nSPS) is 16.1. The fourth-order valence-electron chi connectivity index (χ4n) is 2.95. The molecule has 1 amide bonds. The predicted octanol–water partition coefficient (Wildman–Crippen LogP) is 2.61. The van der Waals surface area contributed by atoms with E-state index in [9.17, 15) is 9.18 Å². The average molecular weight is 383 g/mol. The predicted molar refractivity (Wildman–Crippen MR) is 98.0 cm³/mol. The number of anilines is 1. The Labute approximate surface area is 160 Å². The summed E-state index contributed by atoms with van der Waals surface area (Å²) in [5, 5.41) is 13.7. The molecule has 0 bridgehead atoms. The molecule has 1 atom stereocenters. The molecule has 0 radical (unpaired) electrons. The number of benzene rings is 2. The number of hydrogen-bond acceptors (Lipinski definition) is 6. The summed E-state index contributed by atoms with van der Waals surface area (Å²) in [6.45, 7) is 1.07. The summed E-state index contributed by atoms with van der Waals surface area (Å²) in [5.74, 6) is -0.480. The van der Waals surface area contributed by atoms with Crippen molar-refractivity contribution in [2.24, 2.45) is 0 Å². The van der Waals surface area contributed by atoms with Crippen molar-refractivity contribution in [1.82, 2.24) is 20.2 Å². The minimum Gasteiger partial charge on any atom is -0.489 e. The Hall–Kier alpha value is -3.33. The quantitative estimate of drug-likeness (QED) is 0.704. The fraction of sp³-hybridized carbons (Fsp3) is 0.263. The van der Waals surface area contributed by atoms with Gasteiger partial charge in [-0.1, -0.05) is 6.07 Å². The molecule has 28 heavy (non-hydrogen) atoms. The number of rotatable bonds is 6. The third-order valence-electron chi connectivity index (χ3n) is 4.36. The molecule has 1 saturated heterocycles. The van der Waals surface area contributed by atoms with Crippen LogP contribution in [0.1, 0.15) is 23.2 Å². The zero-order valence-electron chi connectivity index (χ0n) is 14.9. The van der Waals surface area contributed by atoms with Crippen LogP contribution in [0.15, 0.2) is 48.8 Å². The Morgan fingerprint density at radius 3 is 3.04 bits per heavy atom. The lowest BCUT2D eigenvalue weighted by Gasteiger charge is -2.15. The van der Waals surface area contributed by atoms with Gasteiger partial charge in [0.2, 0.25) is 0 Å². The molecule has 0 spiro atoms. The van der Waals surface area contributed by atoms with Gasteiger partial charge in [-0.05, 0) is 53.6 Å². The highest BCUT2D eigenvalue weighted by Crippen LogP contribution is 2.27. The van der Waals surface area contributed by atoms with E-state index in [1.165, 1.54) is 29.2 Å². The van der Waals surface area contributed by atoms with E-state index >= 15 is 0 Å². The Morgan fingerprint density at radius 1 is 1.32 bits per heavy atom. The first-order valence-corrected chi connectivity index (χ1v) is 8.88.